The second kappa shape index (κ2) is 7.42. The van der Waals surface area contributed by atoms with Gasteiger partial charge in [-0.3, -0.25) is 9.80 Å². The highest BCUT2D eigenvalue weighted by atomic mass is 19.1. The molecule has 0 aliphatic carbocycles. The summed E-state index contributed by atoms with van der Waals surface area (Å²) in [6, 6.07) is 7.78. The predicted molar refractivity (Wildman–Crippen MR) is 86.8 cm³/mol. The summed E-state index contributed by atoms with van der Waals surface area (Å²) in [4.78, 5) is 5.27. The Balaban J connectivity index is 1.42. The number of nitrogens with zero attached hydrogens (tertiary/aromatic N) is 2. The summed E-state index contributed by atoms with van der Waals surface area (Å²) in [5.41, 5.74) is 0. The minimum atomic E-state index is -0.216. The third-order valence-electron chi connectivity index (χ3n) is 4.97. The molecule has 1 aromatic rings. The highest BCUT2D eigenvalue weighted by molar-refractivity contribution is 5.22. The van der Waals surface area contributed by atoms with E-state index in [9.17, 15) is 4.39 Å². The van der Waals surface area contributed by atoms with E-state index >= 15 is 0 Å². The van der Waals surface area contributed by atoms with Crippen LogP contribution in [0.1, 0.15) is 32.6 Å². The Hall–Kier alpha value is -1.13. The van der Waals surface area contributed by atoms with Crippen molar-refractivity contribution in [2.24, 2.45) is 0 Å². The summed E-state index contributed by atoms with van der Waals surface area (Å²) in [5, 5.41) is 0. The van der Waals surface area contributed by atoms with Crippen molar-refractivity contribution in [3.05, 3.63) is 30.1 Å². The van der Waals surface area contributed by atoms with Gasteiger partial charge < -0.3 is 4.74 Å². The van der Waals surface area contributed by atoms with Gasteiger partial charge in [0.15, 0.2) is 0 Å². The molecule has 2 heterocycles. The average Bonchev–Trinajstić information content (AvgIpc) is 2.76. The van der Waals surface area contributed by atoms with Crippen LogP contribution in [-0.4, -0.2) is 54.7 Å². The Bertz CT molecular complexity index is 451. The van der Waals surface area contributed by atoms with Crippen molar-refractivity contribution >= 4 is 0 Å². The van der Waals surface area contributed by atoms with Crippen LogP contribution in [0.5, 0.6) is 5.75 Å². The molecule has 2 saturated heterocycles. The molecule has 0 N–H and O–H groups in total. The van der Waals surface area contributed by atoms with Gasteiger partial charge in [-0.25, -0.2) is 4.39 Å². The minimum Gasteiger partial charge on any atom is -0.492 e. The van der Waals surface area contributed by atoms with E-state index in [2.05, 4.69) is 16.7 Å². The highest BCUT2D eigenvalue weighted by Crippen LogP contribution is 2.30. The molecule has 1 aromatic carbocycles. The average molecular weight is 306 g/mol. The smallest absolute Gasteiger partial charge is 0.123 e. The number of piperazine rings is 1. The van der Waals surface area contributed by atoms with Gasteiger partial charge in [0.05, 0.1) is 0 Å². The number of likely N-dealkylation sites (tertiary alicyclic amines) is 1. The molecule has 22 heavy (non-hydrogen) atoms. The number of unbranched alkanes of at least 4 members (excludes halogenated alkanes) is 1. The first kappa shape index (κ1) is 15.8. The van der Waals surface area contributed by atoms with Crippen molar-refractivity contribution in [3.8, 4) is 5.75 Å². The maximum absolute atomic E-state index is 12.8. The molecule has 2 unspecified atom stereocenters. The van der Waals surface area contributed by atoms with Crippen LogP contribution >= 0.6 is 0 Å². The van der Waals surface area contributed by atoms with Gasteiger partial charge in [-0.15, -0.1) is 0 Å². The minimum absolute atomic E-state index is 0.216. The van der Waals surface area contributed by atoms with Crippen LogP contribution in [0.4, 0.5) is 4.39 Å². The van der Waals surface area contributed by atoms with Crippen LogP contribution in [0.3, 0.4) is 0 Å². The molecule has 2 fully saturated rings. The lowest BCUT2D eigenvalue weighted by molar-refractivity contribution is 0.0580. The van der Waals surface area contributed by atoms with Gasteiger partial charge in [-0.1, -0.05) is 13.3 Å². The Labute approximate surface area is 133 Å². The van der Waals surface area contributed by atoms with E-state index in [0.717, 1.165) is 24.4 Å². The molecular weight excluding hydrogens is 279 g/mol. The third-order valence-corrected chi connectivity index (χ3v) is 4.97. The lowest BCUT2D eigenvalue weighted by Crippen LogP contribution is -2.54. The maximum atomic E-state index is 12.8. The Morgan fingerprint density at radius 3 is 2.41 bits per heavy atom. The summed E-state index contributed by atoms with van der Waals surface area (Å²) in [6.45, 7) is 7.53. The molecule has 2 bridgehead atoms. The van der Waals surface area contributed by atoms with E-state index in [1.165, 1.54) is 57.5 Å². The van der Waals surface area contributed by atoms with Gasteiger partial charge in [0.2, 0.25) is 0 Å². The fourth-order valence-electron chi connectivity index (χ4n) is 3.79. The fourth-order valence-corrected chi connectivity index (χ4v) is 3.79. The first-order valence-corrected chi connectivity index (χ1v) is 8.62. The molecular formula is C18H27FN2O. The second-order valence-corrected chi connectivity index (χ2v) is 6.54. The molecule has 0 aromatic heterocycles. The van der Waals surface area contributed by atoms with E-state index in [-0.39, 0.29) is 5.82 Å². The summed E-state index contributed by atoms with van der Waals surface area (Å²) >= 11 is 0. The Kier molecular flexibility index (Phi) is 5.32. The normalized spacial score (nSPS) is 25.5. The summed E-state index contributed by atoms with van der Waals surface area (Å²) in [6.07, 6.45) is 5.30. The third kappa shape index (κ3) is 3.79. The molecule has 2 aliphatic rings. The summed E-state index contributed by atoms with van der Waals surface area (Å²) in [7, 11) is 0. The second-order valence-electron chi connectivity index (χ2n) is 6.54. The topological polar surface area (TPSA) is 15.7 Å². The number of halogens is 1. The number of benzene rings is 1. The molecule has 2 aliphatic heterocycles. The fraction of sp³-hybridized carbons (Fsp3) is 0.667. The van der Waals surface area contributed by atoms with Crippen molar-refractivity contribution in [1.82, 2.24) is 9.80 Å². The molecule has 0 radical (unpaired) electrons. The van der Waals surface area contributed by atoms with E-state index in [4.69, 9.17) is 4.74 Å². The first-order valence-electron chi connectivity index (χ1n) is 8.62. The Morgan fingerprint density at radius 2 is 1.77 bits per heavy atom. The molecule has 2 atom stereocenters. The van der Waals surface area contributed by atoms with Crippen LogP contribution in [0, 0.1) is 5.82 Å². The lowest BCUT2D eigenvalue weighted by Gasteiger charge is -2.41. The molecule has 0 spiro atoms. The van der Waals surface area contributed by atoms with E-state index < -0.39 is 0 Å². The van der Waals surface area contributed by atoms with Crippen molar-refractivity contribution in [2.45, 2.75) is 44.7 Å². The van der Waals surface area contributed by atoms with Crippen LogP contribution in [0.15, 0.2) is 24.3 Å². The molecule has 122 valence electrons. The van der Waals surface area contributed by atoms with Crippen molar-refractivity contribution in [2.75, 3.05) is 32.8 Å². The van der Waals surface area contributed by atoms with Crippen LogP contribution in [0.2, 0.25) is 0 Å². The van der Waals surface area contributed by atoms with Crippen molar-refractivity contribution < 1.29 is 9.13 Å². The number of fused-ring (bicyclic) bond motifs is 2. The predicted octanol–water partition coefficient (Wildman–Crippen LogP) is 3.15. The van der Waals surface area contributed by atoms with Gasteiger partial charge in [0.25, 0.3) is 0 Å². The number of rotatable bonds is 7. The zero-order valence-corrected chi connectivity index (χ0v) is 13.5. The summed E-state index contributed by atoms with van der Waals surface area (Å²) < 4.78 is 18.6. The van der Waals surface area contributed by atoms with Gasteiger partial charge >= 0.3 is 0 Å². The van der Waals surface area contributed by atoms with Gasteiger partial charge in [0, 0.05) is 31.7 Å². The largest absolute Gasteiger partial charge is 0.492 e. The van der Waals surface area contributed by atoms with Crippen molar-refractivity contribution in [3.63, 3.8) is 0 Å². The zero-order chi connectivity index (χ0) is 15.4. The number of hydrogen-bond acceptors (Lipinski definition) is 3. The van der Waals surface area contributed by atoms with Gasteiger partial charge in [-0.2, -0.15) is 0 Å². The Morgan fingerprint density at radius 1 is 1.09 bits per heavy atom. The van der Waals surface area contributed by atoms with Crippen LogP contribution in [-0.2, 0) is 0 Å². The van der Waals surface area contributed by atoms with Gasteiger partial charge in [-0.05, 0) is 50.1 Å². The van der Waals surface area contributed by atoms with E-state index in [1.54, 1.807) is 12.1 Å². The van der Waals surface area contributed by atoms with E-state index in [1.807, 2.05) is 0 Å². The maximum Gasteiger partial charge on any atom is 0.123 e. The monoisotopic (exact) mass is 306 g/mol. The van der Waals surface area contributed by atoms with Crippen LogP contribution in [0.25, 0.3) is 0 Å². The van der Waals surface area contributed by atoms with Crippen LogP contribution < -0.4 is 4.74 Å². The quantitative estimate of drug-likeness (QED) is 0.769. The molecule has 0 amide bonds. The van der Waals surface area contributed by atoms with E-state index in [0.29, 0.717) is 6.61 Å². The zero-order valence-electron chi connectivity index (χ0n) is 13.5. The molecule has 3 nitrogen and oxygen atoms in total. The number of hydrogen-bond donors (Lipinski definition) is 0. The summed E-state index contributed by atoms with van der Waals surface area (Å²) in [5.74, 6) is 0.540. The molecule has 4 heteroatoms. The lowest BCUT2D eigenvalue weighted by atomic mass is 10.1. The SMILES string of the molecule is CCCCN1C2CCC1CN(CCOc1ccc(F)cc1)C2. The van der Waals surface area contributed by atoms with Gasteiger partial charge in [0.1, 0.15) is 18.2 Å². The molecule has 3 rings (SSSR count). The van der Waals surface area contributed by atoms with Crippen molar-refractivity contribution in [1.29, 1.82) is 0 Å². The highest BCUT2D eigenvalue weighted by Gasteiger charge is 2.38. The molecule has 0 saturated carbocycles. The number of ether oxygens (including phenoxy) is 1. The first-order chi connectivity index (χ1) is 10.8. The standard InChI is InChI=1S/C18H27FN2O/c1-2-3-10-21-16-6-7-17(21)14-20(13-16)11-12-22-18-8-4-15(19)5-9-18/h4-5,8-9,16-17H,2-3,6-7,10-14H2,1H3.